The van der Waals surface area contributed by atoms with Gasteiger partial charge in [-0.3, -0.25) is 0 Å². The first kappa shape index (κ1) is 16.3. The van der Waals surface area contributed by atoms with Crippen LogP contribution < -0.4 is 10.5 Å². The molecule has 1 heterocycles. The van der Waals surface area contributed by atoms with Crippen molar-refractivity contribution in [2.24, 2.45) is 11.1 Å². The van der Waals surface area contributed by atoms with Gasteiger partial charge in [0.2, 0.25) is 0 Å². The summed E-state index contributed by atoms with van der Waals surface area (Å²) in [5.74, 6) is 0.938. The Hall–Kier alpha value is -1.06. The van der Waals surface area contributed by atoms with Crippen LogP contribution in [0.4, 0.5) is 0 Å². The standard InChI is InChI=1S/C18H30N2O/c1-4-13-21-16-7-5-15(6-8-16)17(19)14-20-11-9-18(2,3)10-12-20/h5-8,17H,4,9-14,19H2,1-3H3. The Morgan fingerprint density at radius 1 is 1.19 bits per heavy atom. The second-order valence-electron chi connectivity index (χ2n) is 6.99. The lowest BCUT2D eigenvalue weighted by atomic mass is 9.82. The van der Waals surface area contributed by atoms with Crippen LogP contribution in [-0.2, 0) is 0 Å². The summed E-state index contributed by atoms with van der Waals surface area (Å²) < 4.78 is 5.61. The normalized spacial score (nSPS) is 20.2. The van der Waals surface area contributed by atoms with Crippen LogP contribution in [0, 0.1) is 5.41 Å². The molecule has 2 rings (SSSR count). The van der Waals surface area contributed by atoms with Gasteiger partial charge in [-0.25, -0.2) is 0 Å². The third-order valence-electron chi connectivity index (χ3n) is 4.45. The van der Waals surface area contributed by atoms with Gasteiger partial charge >= 0.3 is 0 Å². The molecule has 2 N–H and O–H groups in total. The Morgan fingerprint density at radius 2 is 1.81 bits per heavy atom. The van der Waals surface area contributed by atoms with Gasteiger partial charge in [0.15, 0.2) is 0 Å². The largest absolute Gasteiger partial charge is 0.494 e. The molecule has 21 heavy (non-hydrogen) atoms. The van der Waals surface area contributed by atoms with Crippen LogP contribution in [0.2, 0.25) is 0 Å². The second kappa shape index (κ2) is 7.28. The minimum atomic E-state index is 0.0893. The summed E-state index contributed by atoms with van der Waals surface area (Å²) in [7, 11) is 0. The first-order chi connectivity index (χ1) is 10.00. The molecular formula is C18H30N2O. The molecule has 1 atom stereocenters. The lowest BCUT2D eigenvalue weighted by Gasteiger charge is -2.38. The number of piperidine rings is 1. The molecule has 0 saturated carbocycles. The molecule has 1 aliphatic heterocycles. The minimum Gasteiger partial charge on any atom is -0.494 e. The zero-order valence-corrected chi connectivity index (χ0v) is 13.8. The third-order valence-corrected chi connectivity index (χ3v) is 4.45. The fraction of sp³-hybridized carbons (Fsp3) is 0.667. The van der Waals surface area contributed by atoms with Gasteiger partial charge in [-0.1, -0.05) is 32.9 Å². The van der Waals surface area contributed by atoms with Crippen LogP contribution in [0.15, 0.2) is 24.3 Å². The number of benzene rings is 1. The zero-order chi connectivity index (χ0) is 15.3. The van der Waals surface area contributed by atoms with E-state index >= 15 is 0 Å². The van der Waals surface area contributed by atoms with E-state index in [1.54, 1.807) is 0 Å². The van der Waals surface area contributed by atoms with Crippen molar-refractivity contribution in [1.29, 1.82) is 0 Å². The van der Waals surface area contributed by atoms with Crippen LogP contribution in [0.3, 0.4) is 0 Å². The van der Waals surface area contributed by atoms with E-state index in [1.807, 2.05) is 12.1 Å². The highest BCUT2D eigenvalue weighted by atomic mass is 16.5. The number of nitrogens with two attached hydrogens (primary N) is 1. The van der Waals surface area contributed by atoms with Gasteiger partial charge in [-0.2, -0.15) is 0 Å². The van der Waals surface area contributed by atoms with Crippen molar-refractivity contribution in [3.63, 3.8) is 0 Å². The van der Waals surface area contributed by atoms with Crippen LogP contribution in [0.25, 0.3) is 0 Å². The maximum Gasteiger partial charge on any atom is 0.119 e. The van der Waals surface area contributed by atoms with Gasteiger partial charge in [0.25, 0.3) is 0 Å². The fourth-order valence-corrected chi connectivity index (χ4v) is 2.76. The summed E-state index contributed by atoms with van der Waals surface area (Å²) in [6.07, 6.45) is 3.57. The molecule has 1 aliphatic rings. The Kier molecular flexibility index (Phi) is 5.65. The summed E-state index contributed by atoms with van der Waals surface area (Å²) in [5.41, 5.74) is 8.06. The molecule has 118 valence electrons. The van der Waals surface area contributed by atoms with E-state index in [9.17, 15) is 0 Å². The topological polar surface area (TPSA) is 38.5 Å². The smallest absolute Gasteiger partial charge is 0.119 e. The van der Waals surface area contributed by atoms with Crippen molar-refractivity contribution in [2.75, 3.05) is 26.2 Å². The van der Waals surface area contributed by atoms with Crippen LogP contribution in [0.1, 0.15) is 51.6 Å². The Morgan fingerprint density at radius 3 is 2.38 bits per heavy atom. The Bertz CT molecular complexity index is 417. The summed E-state index contributed by atoms with van der Waals surface area (Å²) in [6, 6.07) is 8.35. The third kappa shape index (κ3) is 5.01. The molecule has 0 radical (unpaired) electrons. The van der Waals surface area contributed by atoms with Crippen molar-refractivity contribution in [3.05, 3.63) is 29.8 Å². The molecule has 0 aliphatic carbocycles. The molecule has 1 aromatic carbocycles. The first-order valence-electron chi connectivity index (χ1n) is 8.21. The molecule has 1 fully saturated rings. The predicted octanol–water partition coefficient (Wildman–Crippen LogP) is 3.60. The van der Waals surface area contributed by atoms with Crippen molar-refractivity contribution in [3.8, 4) is 5.75 Å². The van der Waals surface area contributed by atoms with E-state index < -0.39 is 0 Å². The van der Waals surface area contributed by atoms with Crippen molar-refractivity contribution in [1.82, 2.24) is 4.90 Å². The van der Waals surface area contributed by atoms with Gasteiger partial charge in [0.05, 0.1) is 6.61 Å². The lowest BCUT2D eigenvalue weighted by molar-refractivity contribution is 0.127. The lowest BCUT2D eigenvalue weighted by Crippen LogP contribution is -2.40. The average Bonchev–Trinajstić information content (AvgIpc) is 2.48. The van der Waals surface area contributed by atoms with Gasteiger partial charge in [-0.15, -0.1) is 0 Å². The summed E-state index contributed by atoms with van der Waals surface area (Å²) in [5, 5.41) is 0. The van der Waals surface area contributed by atoms with E-state index in [1.165, 1.54) is 31.5 Å². The summed E-state index contributed by atoms with van der Waals surface area (Å²) in [4.78, 5) is 2.50. The highest BCUT2D eigenvalue weighted by molar-refractivity contribution is 5.29. The van der Waals surface area contributed by atoms with Crippen molar-refractivity contribution < 1.29 is 4.74 Å². The van der Waals surface area contributed by atoms with Gasteiger partial charge in [0, 0.05) is 12.6 Å². The number of ether oxygens (including phenoxy) is 1. The van der Waals surface area contributed by atoms with Crippen molar-refractivity contribution >= 4 is 0 Å². The first-order valence-corrected chi connectivity index (χ1v) is 8.21. The Labute approximate surface area is 129 Å². The summed E-state index contributed by atoms with van der Waals surface area (Å²) >= 11 is 0. The molecule has 0 amide bonds. The van der Waals surface area contributed by atoms with Crippen molar-refractivity contribution in [2.45, 2.75) is 46.1 Å². The highest BCUT2D eigenvalue weighted by Gasteiger charge is 2.26. The van der Waals surface area contributed by atoms with E-state index in [-0.39, 0.29) is 6.04 Å². The number of hydrogen-bond donors (Lipinski definition) is 1. The van der Waals surface area contributed by atoms with Gasteiger partial charge < -0.3 is 15.4 Å². The van der Waals surface area contributed by atoms with E-state index in [0.29, 0.717) is 5.41 Å². The quantitative estimate of drug-likeness (QED) is 0.870. The number of nitrogens with zero attached hydrogens (tertiary/aromatic N) is 1. The average molecular weight is 290 g/mol. The maximum absolute atomic E-state index is 6.36. The molecule has 3 nitrogen and oxygen atoms in total. The van der Waals surface area contributed by atoms with Crippen LogP contribution >= 0.6 is 0 Å². The highest BCUT2D eigenvalue weighted by Crippen LogP contribution is 2.30. The molecule has 0 spiro atoms. The van der Waals surface area contributed by atoms with Crippen LogP contribution in [0.5, 0.6) is 5.75 Å². The van der Waals surface area contributed by atoms with E-state index in [0.717, 1.165) is 25.3 Å². The molecule has 1 aromatic rings. The number of likely N-dealkylation sites (tertiary alicyclic amines) is 1. The molecule has 1 saturated heterocycles. The zero-order valence-electron chi connectivity index (χ0n) is 13.8. The van der Waals surface area contributed by atoms with Gasteiger partial charge in [0.1, 0.15) is 5.75 Å². The number of hydrogen-bond acceptors (Lipinski definition) is 3. The van der Waals surface area contributed by atoms with E-state index in [4.69, 9.17) is 10.5 Å². The monoisotopic (exact) mass is 290 g/mol. The molecule has 0 bridgehead atoms. The molecule has 3 heteroatoms. The fourth-order valence-electron chi connectivity index (χ4n) is 2.76. The van der Waals surface area contributed by atoms with Crippen LogP contribution in [-0.4, -0.2) is 31.1 Å². The number of rotatable bonds is 6. The second-order valence-corrected chi connectivity index (χ2v) is 6.99. The van der Waals surface area contributed by atoms with E-state index in [2.05, 4.69) is 37.8 Å². The van der Waals surface area contributed by atoms with Gasteiger partial charge in [-0.05, 0) is 55.5 Å². The molecule has 0 aromatic heterocycles. The predicted molar refractivity (Wildman–Crippen MR) is 88.6 cm³/mol. The maximum atomic E-state index is 6.36. The SMILES string of the molecule is CCCOc1ccc(C(N)CN2CCC(C)(C)CC2)cc1. The molecule has 1 unspecified atom stereocenters. The summed E-state index contributed by atoms with van der Waals surface area (Å²) in [6.45, 7) is 10.9. The minimum absolute atomic E-state index is 0.0893. The molecular weight excluding hydrogens is 260 g/mol. The Balaban J connectivity index is 1.84.